The largest absolute Gasteiger partial charge is 0.325 e. The number of tetrazole rings is 1. The maximum atomic E-state index is 13.3. The van der Waals surface area contributed by atoms with Gasteiger partial charge >= 0.3 is 0 Å². The number of anilines is 1. The van der Waals surface area contributed by atoms with Gasteiger partial charge in [0.2, 0.25) is 11.1 Å². The summed E-state index contributed by atoms with van der Waals surface area (Å²) < 4.78 is 27.9. The van der Waals surface area contributed by atoms with Gasteiger partial charge in [-0.3, -0.25) is 4.79 Å². The van der Waals surface area contributed by atoms with Crippen molar-refractivity contribution in [2.24, 2.45) is 0 Å². The van der Waals surface area contributed by atoms with Crippen molar-refractivity contribution in [2.75, 3.05) is 5.32 Å². The Labute approximate surface area is 159 Å². The minimum absolute atomic E-state index is 0.181. The number of hydrogen-bond donors (Lipinski definition) is 1. The topological polar surface area (TPSA) is 72.7 Å². The van der Waals surface area contributed by atoms with Crippen LogP contribution in [0.5, 0.6) is 0 Å². The molecule has 6 nitrogen and oxygen atoms in total. The lowest BCUT2D eigenvalue weighted by Crippen LogP contribution is -2.23. The van der Waals surface area contributed by atoms with Crippen molar-refractivity contribution in [3.63, 3.8) is 0 Å². The Morgan fingerprint density at radius 1 is 1.15 bits per heavy atom. The Hall–Kier alpha value is -2.81. The summed E-state index contributed by atoms with van der Waals surface area (Å²) in [6, 6.07) is 9.06. The van der Waals surface area contributed by atoms with Crippen LogP contribution in [0.1, 0.15) is 18.1 Å². The van der Waals surface area contributed by atoms with Gasteiger partial charge in [-0.15, -0.1) is 5.10 Å². The molecule has 9 heteroatoms. The third kappa shape index (κ3) is 4.13. The van der Waals surface area contributed by atoms with E-state index in [-0.39, 0.29) is 11.6 Å². The maximum absolute atomic E-state index is 13.3. The van der Waals surface area contributed by atoms with E-state index in [0.717, 1.165) is 28.9 Å². The van der Waals surface area contributed by atoms with E-state index < -0.39 is 16.9 Å². The van der Waals surface area contributed by atoms with Crippen molar-refractivity contribution in [1.29, 1.82) is 0 Å². The van der Waals surface area contributed by atoms with Crippen molar-refractivity contribution in [3.05, 3.63) is 59.2 Å². The molecule has 140 valence electrons. The van der Waals surface area contributed by atoms with Gasteiger partial charge in [0.25, 0.3) is 0 Å². The second-order valence-electron chi connectivity index (χ2n) is 5.99. The number of carbonyl (C=O) groups is 1. The van der Waals surface area contributed by atoms with Gasteiger partial charge in [0.15, 0.2) is 11.6 Å². The lowest BCUT2D eigenvalue weighted by Gasteiger charge is -2.14. The van der Waals surface area contributed by atoms with Crippen LogP contribution in [0.15, 0.2) is 41.6 Å². The molecule has 3 aromatic rings. The summed E-state index contributed by atoms with van der Waals surface area (Å²) in [5.74, 6) is -2.36. The minimum atomic E-state index is -1.02. The molecule has 27 heavy (non-hydrogen) atoms. The van der Waals surface area contributed by atoms with Gasteiger partial charge < -0.3 is 5.32 Å². The maximum Gasteiger partial charge on any atom is 0.237 e. The van der Waals surface area contributed by atoms with Crippen LogP contribution in [0.2, 0.25) is 0 Å². The standard InChI is InChI=1S/C18H17F2N5OS/c1-10-5-4-6-11(2)16(10)25-18(22-23-24-25)27-12(3)17(26)21-13-7-8-14(19)15(20)9-13/h4-9,12H,1-3H3,(H,21,26). The quantitative estimate of drug-likeness (QED) is 0.674. The third-order valence-electron chi connectivity index (χ3n) is 3.93. The Kier molecular flexibility index (Phi) is 5.50. The molecule has 0 bridgehead atoms. The van der Waals surface area contributed by atoms with Gasteiger partial charge in [-0.05, 0) is 54.5 Å². The number of halogens is 2. The van der Waals surface area contributed by atoms with E-state index in [9.17, 15) is 13.6 Å². The fourth-order valence-electron chi connectivity index (χ4n) is 2.56. The summed E-state index contributed by atoms with van der Waals surface area (Å²) in [5, 5.41) is 14.2. The van der Waals surface area contributed by atoms with Gasteiger partial charge in [0, 0.05) is 11.8 Å². The number of thioether (sulfide) groups is 1. The number of amides is 1. The highest BCUT2D eigenvalue weighted by Gasteiger charge is 2.21. The van der Waals surface area contributed by atoms with Crippen molar-refractivity contribution < 1.29 is 13.6 Å². The second-order valence-corrected chi connectivity index (χ2v) is 7.30. The summed E-state index contributed by atoms with van der Waals surface area (Å²) in [4.78, 5) is 12.4. The number of carbonyl (C=O) groups excluding carboxylic acids is 1. The van der Waals surface area contributed by atoms with Gasteiger partial charge in [0.05, 0.1) is 10.9 Å². The van der Waals surface area contributed by atoms with Gasteiger partial charge in [-0.1, -0.05) is 30.0 Å². The molecule has 0 saturated heterocycles. The summed E-state index contributed by atoms with van der Waals surface area (Å²) >= 11 is 1.17. The highest BCUT2D eigenvalue weighted by Crippen LogP contribution is 2.27. The van der Waals surface area contributed by atoms with Crippen LogP contribution in [0.4, 0.5) is 14.5 Å². The molecule has 0 aliphatic heterocycles. The van der Waals surface area contributed by atoms with Gasteiger partial charge in [0.1, 0.15) is 0 Å². The van der Waals surface area contributed by atoms with Crippen molar-refractivity contribution in [2.45, 2.75) is 31.2 Å². The molecular weight excluding hydrogens is 372 g/mol. The average Bonchev–Trinajstić information content (AvgIpc) is 3.06. The van der Waals surface area contributed by atoms with Gasteiger partial charge in [-0.25, -0.2) is 8.78 Å². The molecule has 3 rings (SSSR count). The molecule has 0 spiro atoms. The van der Waals surface area contributed by atoms with Crippen LogP contribution in [-0.4, -0.2) is 31.4 Å². The molecule has 0 fully saturated rings. The van der Waals surface area contributed by atoms with Crippen molar-refractivity contribution in [3.8, 4) is 5.69 Å². The van der Waals surface area contributed by atoms with Crippen LogP contribution in [-0.2, 0) is 4.79 Å². The first kappa shape index (κ1) is 19.0. The first-order valence-electron chi connectivity index (χ1n) is 8.14. The first-order chi connectivity index (χ1) is 12.9. The van der Waals surface area contributed by atoms with Crippen molar-refractivity contribution in [1.82, 2.24) is 20.2 Å². The molecule has 1 N–H and O–H groups in total. The molecule has 0 aliphatic carbocycles. The molecule has 0 radical (unpaired) electrons. The Balaban J connectivity index is 1.77. The number of nitrogens with zero attached hydrogens (tertiary/aromatic N) is 4. The normalized spacial score (nSPS) is 12.0. The Morgan fingerprint density at radius 3 is 2.52 bits per heavy atom. The van der Waals surface area contributed by atoms with E-state index in [0.29, 0.717) is 5.16 Å². The fraction of sp³-hybridized carbons (Fsp3) is 0.222. The molecule has 1 unspecified atom stereocenters. The molecule has 1 aromatic heterocycles. The SMILES string of the molecule is Cc1cccc(C)c1-n1nnnc1SC(C)C(=O)Nc1ccc(F)c(F)c1. The van der Waals surface area contributed by atoms with Crippen LogP contribution in [0.3, 0.4) is 0 Å². The first-order valence-corrected chi connectivity index (χ1v) is 9.02. The molecule has 0 aliphatic rings. The highest BCUT2D eigenvalue weighted by molar-refractivity contribution is 8.00. The molecule has 1 heterocycles. The van der Waals surface area contributed by atoms with E-state index in [4.69, 9.17) is 0 Å². The predicted molar refractivity (Wildman–Crippen MR) is 98.9 cm³/mol. The van der Waals surface area contributed by atoms with E-state index in [1.165, 1.54) is 17.8 Å². The second kappa shape index (κ2) is 7.83. The van der Waals surface area contributed by atoms with Gasteiger partial charge in [-0.2, -0.15) is 4.68 Å². The van der Waals surface area contributed by atoms with E-state index in [1.807, 2.05) is 32.0 Å². The number of benzene rings is 2. The minimum Gasteiger partial charge on any atom is -0.325 e. The summed E-state index contributed by atoms with van der Waals surface area (Å²) in [5.41, 5.74) is 3.05. The number of hydrogen-bond acceptors (Lipinski definition) is 5. The van der Waals surface area contributed by atoms with E-state index >= 15 is 0 Å². The van der Waals surface area contributed by atoms with Crippen molar-refractivity contribution >= 4 is 23.4 Å². The molecule has 1 atom stereocenters. The smallest absolute Gasteiger partial charge is 0.237 e. The zero-order chi connectivity index (χ0) is 19.6. The van der Waals surface area contributed by atoms with Crippen LogP contribution < -0.4 is 5.32 Å². The lowest BCUT2D eigenvalue weighted by molar-refractivity contribution is -0.115. The highest BCUT2D eigenvalue weighted by atomic mass is 32.2. The fourth-order valence-corrected chi connectivity index (χ4v) is 3.36. The number of rotatable bonds is 5. The number of aromatic nitrogens is 4. The Morgan fingerprint density at radius 2 is 1.85 bits per heavy atom. The molecular formula is C18H17F2N5OS. The number of aryl methyl sites for hydroxylation is 2. The van der Waals surface area contributed by atoms with Crippen LogP contribution in [0, 0.1) is 25.5 Å². The third-order valence-corrected chi connectivity index (χ3v) is 4.96. The molecule has 2 aromatic carbocycles. The van der Waals surface area contributed by atoms with E-state index in [1.54, 1.807) is 11.6 Å². The van der Waals surface area contributed by atoms with Crippen LogP contribution in [0.25, 0.3) is 5.69 Å². The monoisotopic (exact) mass is 389 g/mol. The zero-order valence-corrected chi connectivity index (χ0v) is 15.7. The summed E-state index contributed by atoms with van der Waals surface area (Å²) in [6.07, 6.45) is 0. The summed E-state index contributed by atoms with van der Waals surface area (Å²) in [6.45, 7) is 5.60. The van der Waals surface area contributed by atoms with E-state index in [2.05, 4.69) is 20.8 Å². The zero-order valence-electron chi connectivity index (χ0n) is 14.9. The number of para-hydroxylation sites is 1. The average molecular weight is 389 g/mol. The Bertz CT molecular complexity index is 971. The summed E-state index contributed by atoms with van der Waals surface area (Å²) in [7, 11) is 0. The lowest BCUT2D eigenvalue weighted by atomic mass is 10.1. The predicted octanol–water partition coefficient (Wildman–Crippen LogP) is 3.68. The molecule has 0 saturated carbocycles. The number of nitrogens with one attached hydrogen (secondary N) is 1. The molecule has 1 amide bonds. The van der Waals surface area contributed by atoms with Crippen LogP contribution >= 0.6 is 11.8 Å².